The third kappa shape index (κ3) is 7.66. The Bertz CT molecular complexity index is 896. The summed E-state index contributed by atoms with van der Waals surface area (Å²) < 4.78 is 6.64. The zero-order chi connectivity index (χ0) is 23.7. The maximum absolute atomic E-state index is 13.2. The van der Waals surface area contributed by atoms with Crippen molar-refractivity contribution >= 4 is 27.7 Å². The molecular formula is C26H35BrN2O3. The van der Waals surface area contributed by atoms with Crippen molar-refractivity contribution < 1.29 is 14.3 Å². The summed E-state index contributed by atoms with van der Waals surface area (Å²) in [6, 6.07) is 13.3. The summed E-state index contributed by atoms with van der Waals surface area (Å²) in [7, 11) is 0. The van der Waals surface area contributed by atoms with Crippen LogP contribution in [0.4, 0.5) is 0 Å². The number of carbonyl (C=O) groups is 2. The van der Waals surface area contributed by atoms with E-state index in [0.29, 0.717) is 24.8 Å². The van der Waals surface area contributed by atoms with Crippen molar-refractivity contribution in [3.8, 4) is 5.75 Å². The predicted molar refractivity (Wildman–Crippen MR) is 133 cm³/mol. The number of hydrogen-bond donors (Lipinski definition) is 1. The van der Waals surface area contributed by atoms with Gasteiger partial charge in [-0.3, -0.25) is 9.59 Å². The van der Waals surface area contributed by atoms with Crippen molar-refractivity contribution in [1.82, 2.24) is 10.2 Å². The SMILES string of the molecule is CCCCNC(=O)C(C)N(Cc1ccc(C)cc1)C(=O)COc1ccc(C(C)C)cc1Br. The Balaban J connectivity index is 2.13. The van der Waals surface area contributed by atoms with Gasteiger partial charge >= 0.3 is 0 Å². The van der Waals surface area contributed by atoms with Gasteiger partial charge < -0.3 is 15.0 Å². The van der Waals surface area contributed by atoms with E-state index in [1.165, 1.54) is 5.56 Å². The van der Waals surface area contributed by atoms with Gasteiger partial charge in [0.2, 0.25) is 5.91 Å². The molecule has 6 heteroatoms. The molecule has 0 radical (unpaired) electrons. The molecule has 0 heterocycles. The Morgan fingerprint density at radius 3 is 2.38 bits per heavy atom. The fourth-order valence-corrected chi connectivity index (χ4v) is 3.74. The first kappa shape index (κ1) is 25.9. The predicted octanol–water partition coefficient (Wildman–Crippen LogP) is 5.59. The first-order valence-corrected chi connectivity index (χ1v) is 12.1. The number of nitrogens with one attached hydrogen (secondary N) is 1. The molecule has 2 aromatic rings. The molecule has 0 saturated carbocycles. The van der Waals surface area contributed by atoms with Gasteiger partial charge in [-0.2, -0.15) is 0 Å². The van der Waals surface area contributed by atoms with Gasteiger partial charge in [0.25, 0.3) is 5.91 Å². The zero-order valence-corrected chi connectivity index (χ0v) is 21.4. The number of ether oxygens (including phenoxy) is 1. The minimum absolute atomic E-state index is 0.141. The number of rotatable bonds is 11. The molecule has 0 aliphatic heterocycles. The minimum Gasteiger partial charge on any atom is -0.483 e. The highest BCUT2D eigenvalue weighted by atomic mass is 79.9. The Hall–Kier alpha value is -2.34. The lowest BCUT2D eigenvalue weighted by atomic mass is 10.0. The van der Waals surface area contributed by atoms with E-state index in [9.17, 15) is 9.59 Å². The van der Waals surface area contributed by atoms with Crippen molar-refractivity contribution in [1.29, 1.82) is 0 Å². The van der Waals surface area contributed by atoms with Gasteiger partial charge in [-0.1, -0.05) is 63.1 Å². The second kappa shape index (κ2) is 12.6. The molecule has 1 atom stereocenters. The van der Waals surface area contributed by atoms with E-state index < -0.39 is 6.04 Å². The molecule has 0 aliphatic rings. The van der Waals surface area contributed by atoms with Crippen LogP contribution in [0.3, 0.4) is 0 Å². The largest absolute Gasteiger partial charge is 0.483 e. The van der Waals surface area contributed by atoms with Gasteiger partial charge in [0.1, 0.15) is 11.8 Å². The highest BCUT2D eigenvalue weighted by Gasteiger charge is 2.26. The normalized spacial score (nSPS) is 11.8. The lowest BCUT2D eigenvalue weighted by Gasteiger charge is -2.29. The average Bonchev–Trinajstić information content (AvgIpc) is 2.77. The number of halogens is 1. The molecule has 0 fully saturated rings. The van der Waals surface area contributed by atoms with Crippen LogP contribution < -0.4 is 10.1 Å². The summed E-state index contributed by atoms with van der Waals surface area (Å²) >= 11 is 3.54. The maximum atomic E-state index is 13.2. The van der Waals surface area contributed by atoms with E-state index >= 15 is 0 Å². The monoisotopic (exact) mass is 502 g/mol. The smallest absolute Gasteiger partial charge is 0.261 e. The summed E-state index contributed by atoms with van der Waals surface area (Å²) in [6.45, 7) is 10.9. The molecule has 5 nitrogen and oxygen atoms in total. The van der Waals surface area contributed by atoms with Crippen molar-refractivity contribution in [2.45, 2.75) is 66.0 Å². The average molecular weight is 503 g/mol. The van der Waals surface area contributed by atoms with E-state index in [1.807, 2.05) is 49.4 Å². The van der Waals surface area contributed by atoms with Crippen molar-refractivity contribution in [3.05, 3.63) is 63.6 Å². The number of unbranched alkanes of at least 4 members (excludes halogenated alkanes) is 1. The molecule has 0 spiro atoms. The van der Waals surface area contributed by atoms with Gasteiger partial charge in [0.15, 0.2) is 6.61 Å². The number of hydrogen-bond acceptors (Lipinski definition) is 3. The molecule has 2 aromatic carbocycles. The topological polar surface area (TPSA) is 58.6 Å². The molecule has 174 valence electrons. The van der Waals surface area contributed by atoms with Gasteiger partial charge in [-0.05, 0) is 65.4 Å². The van der Waals surface area contributed by atoms with Crippen molar-refractivity contribution in [3.63, 3.8) is 0 Å². The molecule has 0 aromatic heterocycles. The molecule has 32 heavy (non-hydrogen) atoms. The van der Waals surface area contributed by atoms with Crippen LogP contribution in [0.5, 0.6) is 5.75 Å². The number of amides is 2. The van der Waals surface area contributed by atoms with E-state index in [2.05, 4.69) is 42.0 Å². The number of aryl methyl sites for hydroxylation is 1. The van der Waals surface area contributed by atoms with Crippen molar-refractivity contribution in [2.24, 2.45) is 0 Å². The molecule has 0 bridgehead atoms. The molecule has 2 amide bonds. The Morgan fingerprint density at radius 1 is 1.09 bits per heavy atom. The Morgan fingerprint density at radius 2 is 1.78 bits per heavy atom. The maximum Gasteiger partial charge on any atom is 0.261 e. The van der Waals surface area contributed by atoms with Gasteiger partial charge in [0, 0.05) is 13.1 Å². The van der Waals surface area contributed by atoms with Crippen LogP contribution in [-0.2, 0) is 16.1 Å². The van der Waals surface area contributed by atoms with Crippen LogP contribution in [0.2, 0.25) is 0 Å². The molecule has 0 saturated heterocycles. The Labute approximate surface area is 200 Å². The van der Waals surface area contributed by atoms with E-state index in [4.69, 9.17) is 4.74 Å². The van der Waals surface area contributed by atoms with Crippen LogP contribution in [0.15, 0.2) is 46.9 Å². The molecule has 2 rings (SSSR count). The number of benzene rings is 2. The van der Waals surface area contributed by atoms with E-state index in [1.54, 1.807) is 11.8 Å². The fourth-order valence-electron chi connectivity index (χ4n) is 3.22. The number of nitrogens with zero attached hydrogens (tertiary/aromatic N) is 1. The lowest BCUT2D eigenvalue weighted by molar-refractivity contribution is -0.142. The second-order valence-electron chi connectivity index (χ2n) is 8.46. The summed E-state index contributed by atoms with van der Waals surface area (Å²) in [5, 5.41) is 2.93. The van der Waals surface area contributed by atoms with Gasteiger partial charge in [-0.15, -0.1) is 0 Å². The third-order valence-electron chi connectivity index (χ3n) is 5.44. The summed E-state index contributed by atoms with van der Waals surface area (Å²) in [4.78, 5) is 27.4. The highest BCUT2D eigenvalue weighted by Crippen LogP contribution is 2.29. The third-order valence-corrected chi connectivity index (χ3v) is 6.06. The highest BCUT2D eigenvalue weighted by molar-refractivity contribution is 9.10. The van der Waals surface area contributed by atoms with Crippen LogP contribution in [-0.4, -0.2) is 35.9 Å². The summed E-state index contributed by atoms with van der Waals surface area (Å²) in [5.74, 6) is 0.627. The standard InChI is InChI=1S/C26H35BrN2O3/c1-6-7-14-28-26(31)20(5)29(16-21-10-8-19(4)9-11-21)25(30)17-32-24-13-12-22(18(2)3)15-23(24)27/h8-13,15,18,20H,6-7,14,16-17H2,1-5H3,(H,28,31). The van der Waals surface area contributed by atoms with E-state index in [-0.39, 0.29) is 18.4 Å². The Kier molecular flexibility index (Phi) is 10.2. The quantitative estimate of drug-likeness (QED) is 0.407. The first-order valence-electron chi connectivity index (χ1n) is 11.3. The fraction of sp³-hybridized carbons (Fsp3) is 0.462. The summed E-state index contributed by atoms with van der Waals surface area (Å²) in [5.41, 5.74) is 3.31. The van der Waals surface area contributed by atoms with Crippen LogP contribution in [0.1, 0.15) is 63.1 Å². The molecule has 1 N–H and O–H groups in total. The molecular weight excluding hydrogens is 468 g/mol. The molecule has 0 aliphatic carbocycles. The first-order chi connectivity index (χ1) is 15.2. The second-order valence-corrected chi connectivity index (χ2v) is 9.32. The lowest BCUT2D eigenvalue weighted by Crippen LogP contribution is -2.49. The van der Waals surface area contributed by atoms with Gasteiger partial charge in [0.05, 0.1) is 4.47 Å². The molecule has 1 unspecified atom stereocenters. The summed E-state index contributed by atoms with van der Waals surface area (Å²) in [6.07, 6.45) is 1.91. The number of carbonyl (C=O) groups excluding carboxylic acids is 2. The van der Waals surface area contributed by atoms with Gasteiger partial charge in [-0.25, -0.2) is 0 Å². The van der Waals surface area contributed by atoms with E-state index in [0.717, 1.165) is 28.4 Å². The van der Waals surface area contributed by atoms with Crippen LogP contribution >= 0.6 is 15.9 Å². The van der Waals surface area contributed by atoms with Crippen LogP contribution in [0.25, 0.3) is 0 Å². The van der Waals surface area contributed by atoms with Crippen LogP contribution in [0, 0.1) is 6.92 Å². The van der Waals surface area contributed by atoms with Crippen molar-refractivity contribution in [2.75, 3.05) is 13.2 Å². The minimum atomic E-state index is -0.601. The zero-order valence-electron chi connectivity index (χ0n) is 19.8.